The number of allylic oxidation sites excluding steroid dienone is 5. The van der Waals surface area contributed by atoms with Gasteiger partial charge in [0.05, 0.1) is 17.5 Å². The molecule has 14 heteroatoms. The normalized spacial score (nSPS) is 22.4. The minimum atomic E-state index is -5.37. The zero-order valence-corrected chi connectivity index (χ0v) is 25.0. The molecule has 0 amide bonds. The average molecular weight is 679 g/mol. The molecule has 0 N–H and O–H groups in total. The Morgan fingerprint density at radius 1 is 0.933 bits per heavy atom. The summed E-state index contributed by atoms with van der Waals surface area (Å²) in [6, 6.07) is 3.02. The van der Waals surface area contributed by atoms with Crippen LogP contribution in [0.2, 0.25) is 0 Å². The molecular formula is C31H26F8O4S2. The molecule has 0 saturated carbocycles. The van der Waals surface area contributed by atoms with E-state index >= 15 is 13.2 Å². The summed E-state index contributed by atoms with van der Waals surface area (Å²) < 4.78 is 125. The molecular weight excluding hydrogens is 652 g/mol. The van der Waals surface area contributed by atoms with Crippen LogP contribution in [0.1, 0.15) is 51.8 Å². The van der Waals surface area contributed by atoms with Gasteiger partial charge in [-0.25, -0.2) is 26.7 Å². The fourth-order valence-electron chi connectivity index (χ4n) is 4.59. The number of benzene rings is 2. The van der Waals surface area contributed by atoms with Crippen LogP contribution in [0.3, 0.4) is 0 Å². The molecule has 0 spiro atoms. The van der Waals surface area contributed by atoms with Crippen molar-refractivity contribution in [3.8, 4) is 5.75 Å². The van der Waals surface area contributed by atoms with Crippen molar-refractivity contribution < 1.29 is 54.1 Å². The molecule has 1 aliphatic heterocycles. The van der Waals surface area contributed by atoms with E-state index in [0.29, 0.717) is 36.3 Å². The van der Waals surface area contributed by atoms with Crippen LogP contribution in [0.4, 0.5) is 35.1 Å². The van der Waals surface area contributed by atoms with E-state index in [4.69, 9.17) is 9.47 Å². The molecule has 1 heterocycles. The molecule has 0 unspecified atom stereocenters. The van der Waals surface area contributed by atoms with Crippen LogP contribution in [-0.4, -0.2) is 30.4 Å². The van der Waals surface area contributed by atoms with Gasteiger partial charge in [-0.05, 0) is 84.6 Å². The lowest BCUT2D eigenvalue weighted by molar-refractivity contribution is -0.276. The number of carbonyl (C=O) groups excluding carboxylic acids is 1. The van der Waals surface area contributed by atoms with Gasteiger partial charge in [-0.15, -0.1) is 36.7 Å². The van der Waals surface area contributed by atoms with Crippen LogP contribution in [0.15, 0.2) is 66.9 Å². The number of ether oxygens (including phenoxy) is 3. The van der Waals surface area contributed by atoms with Gasteiger partial charge in [0.2, 0.25) is 5.75 Å². The van der Waals surface area contributed by atoms with Crippen LogP contribution < -0.4 is 4.74 Å². The zero-order chi connectivity index (χ0) is 32.7. The molecule has 2 aromatic carbocycles. The van der Waals surface area contributed by atoms with E-state index in [0.717, 1.165) is 36.5 Å². The molecule has 2 aromatic rings. The van der Waals surface area contributed by atoms with Gasteiger partial charge in [0.15, 0.2) is 11.6 Å². The standard InChI is InChI=1S/C31H26F8O4S2/c1-2-41-9-5-6-17-15-44-30(45-16-17)19-12-23(33)27(24(34)13-19)29(40)42-20-7-3-4-8-21(22(32)14-20)18-10-25(35)28(26(36)11-18)43-31(37,38)39/h2,7-8,10-14,17,30H,1,3-6,9,15-16H2/b20-7+,21-8+,22-14+. The average Bonchev–Trinajstić information content (AvgIpc) is 2.95. The van der Waals surface area contributed by atoms with Crippen molar-refractivity contribution in [2.75, 3.05) is 18.1 Å². The fraction of sp³-hybridized carbons (Fsp3) is 0.323. The van der Waals surface area contributed by atoms with Crippen LogP contribution >= 0.6 is 23.5 Å². The molecule has 0 bridgehead atoms. The summed E-state index contributed by atoms with van der Waals surface area (Å²) in [4.78, 5) is 12.8. The summed E-state index contributed by atoms with van der Waals surface area (Å²) in [7, 11) is 0. The number of halogens is 8. The van der Waals surface area contributed by atoms with Crippen molar-refractivity contribution in [1.29, 1.82) is 0 Å². The van der Waals surface area contributed by atoms with Crippen molar-refractivity contribution in [1.82, 2.24) is 0 Å². The van der Waals surface area contributed by atoms with E-state index in [2.05, 4.69) is 11.3 Å². The van der Waals surface area contributed by atoms with Gasteiger partial charge < -0.3 is 14.2 Å². The Labute approximate surface area is 262 Å². The second-order valence-electron chi connectivity index (χ2n) is 9.90. The van der Waals surface area contributed by atoms with E-state index in [9.17, 15) is 26.7 Å². The van der Waals surface area contributed by atoms with Crippen LogP contribution in [0.25, 0.3) is 5.57 Å². The molecule has 0 radical (unpaired) electrons. The lowest BCUT2D eigenvalue weighted by Gasteiger charge is -2.28. The summed E-state index contributed by atoms with van der Waals surface area (Å²) >= 11 is 3.08. The smallest absolute Gasteiger partial charge is 0.502 e. The first-order valence-corrected chi connectivity index (χ1v) is 15.7. The molecule has 4 nitrogen and oxygen atoms in total. The SMILES string of the molecule is C=COCCCC1CSC(c2cc(F)c(C(=O)OC3=C/CC/C=C(c4cc(F)c(OC(F)(F)F)c(F)c4)/C(F)=C\3)c(F)c2)SC1. The Morgan fingerprint density at radius 3 is 2.16 bits per heavy atom. The highest BCUT2D eigenvalue weighted by atomic mass is 32.2. The van der Waals surface area contributed by atoms with E-state index in [-0.39, 0.29) is 17.4 Å². The Hall–Kier alpha value is -3.39. The molecule has 1 saturated heterocycles. The van der Waals surface area contributed by atoms with E-state index < -0.39 is 69.6 Å². The summed E-state index contributed by atoms with van der Waals surface area (Å²) in [6.45, 7) is 4.07. The summed E-state index contributed by atoms with van der Waals surface area (Å²) in [5, 5.41) is 0. The highest BCUT2D eigenvalue weighted by molar-refractivity contribution is 8.16. The molecule has 1 aliphatic carbocycles. The second kappa shape index (κ2) is 15.3. The Kier molecular flexibility index (Phi) is 11.7. The molecule has 45 heavy (non-hydrogen) atoms. The first-order chi connectivity index (χ1) is 21.4. The first kappa shape index (κ1) is 34.5. The third-order valence-corrected chi connectivity index (χ3v) is 9.92. The van der Waals surface area contributed by atoms with E-state index in [1.807, 2.05) is 0 Å². The predicted molar refractivity (Wildman–Crippen MR) is 156 cm³/mol. The predicted octanol–water partition coefficient (Wildman–Crippen LogP) is 9.95. The lowest BCUT2D eigenvalue weighted by atomic mass is 10.00. The Balaban J connectivity index is 1.45. The Bertz CT molecular complexity index is 1470. The van der Waals surface area contributed by atoms with Crippen LogP contribution in [0, 0.1) is 29.2 Å². The number of rotatable bonds is 10. The highest BCUT2D eigenvalue weighted by Gasteiger charge is 2.34. The topological polar surface area (TPSA) is 44.8 Å². The van der Waals surface area contributed by atoms with Crippen molar-refractivity contribution in [2.45, 2.75) is 36.6 Å². The summed E-state index contributed by atoms with van der Waals surface area (Å²) in [5.41, 5.74) is -1.51. The molecule has 2 aliphatic rings. The molecule has 0 atom stereocenters. The number of hydrogen-bond donors (Lipinski definition) is 0. The molecule has 4 rings (SSSR count). The van der Waals surface area contributed by atoms with Gasteiger partial charge >= 0.3 is 12.3 Å². The van der Waals surface area contributed by atoms with Gasteiger partial charge in [0, 0.05) is 11.6 Å². The van der Waals surface area contributed by atoms with Crippen LogP contribution in [0.5, 0.6) is 5.75 Å². The first-order valence-electron chi connectivity index (χ1n) is 13.6. The van der Waals surface area contributed by atoms with Crippen molar-refractivity contribution >= 4 is 35.1 Å². The van der Waals surface area contributed by atoms with Gasteiger partial charge in [-0.1, -0.05) is 12.7 Å². The van der Waals surface area contributed by atoms with Crippen molar-refractivity contribution in [2.24, 2.45) is 5.92 Å². The minimum Gasteiger partial charge on any atom is -0.502 e. The van der Waals surface area contributed by atoms with E-state index in [1.165, 1.54) is 18.4 Å². The molecule has 1 fully saturated rings. The number of thioether (sulfide) groups is 2. The van der Waals surface area contributed by atoms with E-state index in [1.54, 1.807) is 23.5 Å². The zero-order valence-electron chi connectivity index (χ0n) is 23.4. The monoisotopic (exact) mass is 678 g/mol. The summed E-state index contributed by atoms with van der Waals surface area (Å²) in [6.07, 6.45) is 1.15. The number of alkyl halides is 3. The lowest BCUT2D eigenvalue weighted by Crippen LogP contribution is -2.19. The summed E-state index contributed by atoms with van der Waals surface area (Å²) in [5.74, 6) is -8.56. The molecule has 0 aromatic heterocycles. The third kappa shape index (κ3) is 9.32. The number of hydrogen-bond acceptors (Lipinski definition) is 6. The highest BCUT2D eigenvalue weighted by Crippen LogP contribution is 2.47. The maximum atomic E-state index is 15.2. The van der Waals surface area contributed by atoms with Crippen LogP contribution in [-0.2, 0) is 9.47 Å². The van der Waals surface area contributed by atoms with Gasteiger partial charge in [-0.3, -0.25) is 0 Å². The van der Waals surface area contributed by atoms with Crippen molar-refractivity contribution in [3.63, 3.8) is 0 Å². The molecule has 242 valence electrons. The Morgan fingerprint density at radius 2 is 1.56 bits per heavy atom. The maximum Gasteiger partial charge on any atom is 0.573 e. The van der Waals surface area contributed by atoms with Gasteiger partial charge in [0.25, 0.3) is 0 Å². The quantitative estimate of drug-likeness (QED) is 0.108. The maximum absolute atomic E-state index is 15.2. The number of carbonyl (C=O) groups is 1. The second-order valence-corrected chi connectivity index (χ2v) is 12.5. The van der Waals surface area contributed by atoms with Crippen molar-refractivity contribution in [3.05, 3.63) is 107 Å². The van der Waals surface area contributed by atoms with Gasteiger partial charge in [0.1, 0.15) is 28.8 Å². The fourth-order valence-corrected chi connectivity index (χ4v) is 7.72. The number of esters is 1. The minimum absolute atomic E-state index is 0.0548. The largest absolute Gasteiger partial charge is 0.573 e. The third-order valence-electron chi connectivity index (χ3n) is 6.62. The van der Waals surface area contributed by atoms with Gasteiger partial charge in [-0.2, -0.15) is 0 Å².